The standard InChI is InChI=1S/C44H46N4O6S/c1-44(2,3)13-16-55-26-27-11-12-37-29(17-27)19-31-25-46-35-23-41(39(52-5)21-33(35)43(50)48(31)37)54-15-8-14-53-40-22-34-32(20-38(40)51-4)42(49)47-30(24-45-34)18-28-9-6-7-10-36(28)47/h6-7,9-12,17,20-25,30-31H,8,13-16,18-19,26H2,1-5H3/t30-,31-/m0/s1. The second-order valence-electron chi connectivity index (χ2n) is 15.5. The minimum Gasteiger partial charge on any atom is -0.493 e. The predicted octanol–water partition coefficient (Wildman–Crippen LogP) is 8.80. The van der Waals surface area contributed by atoms with Crippen molar-refractivity contribution in [1.29, 1.82) is 0 Å². The van der Waals surface area contributed by atoms with E-state index in [0.717, 1.165) is 41.3 Å². The van der Waals surface area contributed by atoms with E-state index in [9.17, 15) is 9.59 Å². The number of ether oxygens (including phenoxy) is 4. The van der Waals surface area contributed by atoms with Gasteiger partial charge in [0.15, 0.2) is 23.0 Å². The molecule has 2 amide bonds. The highest BCUT2D eigenvalue weighted by molar-refractivity contribution is 7.98. The zero-order chi connectivity index (χ0) is 38.3. The number of aliphatic imine (C=N–C) groups is 2. The summed E-state index contributed by atoms with van der Waals surface area (Å²) in [4.78, 5) is 40.9. The molecule has 0 unspecified atom stereocenters. The van der Waals surface area contributed by atoms with Crippen molar-refractivity contribution in [3.8, 4) is 23.0 Å². The Hall–Kier alpha value is -5.29. The van der Waals surface area contributed by atoms with Crippen molar-refractivity contribution < 1.29 is 28.5 Å². The maximum atomic E-state index is 14.1. The molecule has 11 heteroatoms. The molecule has 284 valence electrons. The molecule has 0 bridgehead atoms. The normalized spacial score (nSPS) is 17.8. The van der Waals surface area contributed by atoms with Crippen LogP contribution in [-0.4, -0.2) is 69.5 Å². The summed E-state index contributed by atoms with van der Waals surface area (Å²) in [6.45, 7) is 7.48. The minimum atomic E-state index is -0.158. The lowest BCUT2D eigenvalue weighted by Gasteiger charge is -2.22. The average Bonchev–Trinajstić information content (AvgIpc) is 3.66. The second-order valence-corrected chi connectivity index (χ2v) is 16.6. The Balaban J connectivity index is 0.902. The first-order valence-electron chi connectivity index (χ1n) is 18.8. The number of benzene rings is 4. The van der Waals surface area contributed by atoms with Gasteiger partial charge in [-0.2, -0.15) is 11.8 Å². The van der Waals surface area contributed by atoms with Crippen molar-refractivity contribution in [2.24, 2.45) is 15.4 Å². The van der Waals surface area contributed by atoms with Gasteiger partial charge < -0.3 is 18.9 Å². The molecule has 2 atom stereocenters. The third kappa shape index (κ3) is 7.29. The third-order valence-electron chi connectivity index (χ3n) is 10.5. The summed E-state index contributed by atoms with van der Waals surface area (Å²) in [5.41, 5.74) is 7.81. The molecule has 0 saturated heterocycles. The SMILES string of the molecule is COc1cc2c(cc1OCCCOc1cc3c(cc1OC)C(=O)N1c4ccc(CSCCC(C)(C)C)cc4C[C@H]1C=N3)N=C[C@@H]1Cc3ccccc3N1C2=O. The van der Waals surface area contributed by atoms with Gasteiger partial charge in [-0.1, -0.05) is 51.1 Å². The van der Waals surface area contributed by atoms with Gasteiger partial charge in [-0.3, -0.25) is 29.4 Å². The highest BCUT2D eigenvalue weighted by atomic mass is 32.2. The Kier molecular flexibility index (Phi) is 10.1. The van der Waals surface area contributed by atoms with Crippen molar-refractivity contribution in [3.63, 3.8) is 0 Å². The molecular weight excluding hydrogens is 713 g/mol. The van der Waals surface area contributed by atoms with Gasteiger partial charge in [0, 0.05) is 61.0 Å². The van der Waals surface area contributed by atoms with Crippen LogP contribution in [0.5, 0.6) is 23.0 Å². The van der Waals surface area contributed by atoms with E-state index in [1.807, 2.05) is 52.2 Å². The fraction of sp³-hybridized carbons (Fsp3) is 0.364. The number of rotatable bonds is 12. The van der Waals surface area contributed by atoms with Gasteiger partial charge in [0.2, 0.25) is 0 Å². The molecule has 4 heterocycles. The zero-order valence-electron chi connectivity index (χ0n) is 32.0. The molecule has 0 N–H and O–H groups in total. The number of nitrogens with zero attached hydrogens (tertiary/aromatic N) is 4. The number of hydrogen-bond donors (Lipinski definition) is 0. The highest BCUT2D eigenvalue weighted by Gasteiger charge is 2.38. The fourth-order valence-corrected chi connectivity index (χ4v) is 8.89. The van der Waals surface area contributed by atoms with Gasteiger partial charge in [0.05, 0.1) is 62.0 Å². The monoisotopic (exact) mass is 758 g/mol. The number of para-hydroxylation sites is 1. The Morgan fingerprint density at radius 1 is 0.709 bits per heavy atom. The second kappa shape index (κ2) is 15.1. The number of amides is 2. The molecule has 55 heavy (non-hydrogen) atoms. The molecule has 0 fully saturated rings. The molecule has 8 rings (SSSR count). The van der Waals surface area contributed by atoms with Crippen LogP contribution >= 0.6 is 11.8 Å². The number of fused-ring (bicyclic) bond motifs is 8. The fourth-order valence-electron chi connectivity index (χ4n) is 7.58. The van der Waals surface area contributed by atoms with E-state index in [-0.39, 0.29) is 23.9 Å². The van der Waals surface area contributed by atoms with Gasteiger partial charge in [0.25, 0.3) is 11.8 Å². The molecule has 4 aromatic rings. The molecular formula is C44H46N4O6S. The average molecular weight is 759 g/mol. The predicted molar refractivity (Wildman–Crippen MR) is 220 cm³/mol. The topological polar surface area (TPSA) is 102 Å². The van der Waals surface area contributed by atoms with Crippen molar-refractivity contribution in [1.82, 2.24) is 0 Å². The van der Waals surface area contributed by atoms with Crippen LogP contribution in [0.2, 0.25) is 0 Å². The molecule has 0 spiro atoms. The molecule has 4 aliphatic heterocycles. The Morgan fingerprint density at radius 3 is 1.85 bits per heavy atom. The maximum absolute atomic E-state index is 14.1. The summed E-state index contributed by atoms with van der Waals surface area (Å²) in [6.07, 6.45) is 6.89. The Bertz CT molecular complexity index is 2210. The summed E-state index contributed by atoms with van der Waals surface area (Å²) in [7, 11) is 3.13. The lowest BCUT2D eigenvalue weighted by atomic mass is 9.94. The van der Waals surface area contributed by atoms with Gasteiger partial charge in [-0.05, 0) is 58.5 Å². The van der Waals surface area contributed by atoms with Gasteiger partial charge in [-0.25, -0.2) is 0 Å². The van der Waals surface area contributed by atoms with Crippen molar-refractivity contribution >= 4 is 58.8 Å². The zero-order valence-corrected chi connectivity index (χ0v) is 32.8. The van der Waals surface area contributed by atoms with Crippen molar-refractivity contribution in [3.05, 3.63) is 94.5 Å². The van der Waals surface area contributed by atoms with Crippen LogP contribution in [0.25, 0.3) is 0 Å². The number of carbonyl (C=O) groups excluding carboxylic acids is 2. The summed E-state index contributed by atoms with van der Waals surface area (Å²) >= 11 is 1.96. The van der Waals surface area contributed by atoms with Gasteiger partial charge in [0.1, 0.15) is 0 Å². The Labute approximate surface area is 326 Å². The maximum Gasteiger partial charge on any atom is 0.261 e. The van der Waals surface area contributed by atoms with E-state index in [0.29, 0.717) is 70.5 Å². The Morgan fingerprint density at radius 2 is 1.27 bits per heavy atom. The molecule has 4 aromatic carbocycles. The number of hydrogen-bond acceptors (Lipinski definition) is 9. The van der Waals surface area contributed by atoms with Gasteiger partial charge in [-0.15, -0.1) is 0 Å². The first-order valence-corrected chi connectivity index (χ1v) is 20.0. The summed E-state index contributed by atoms with van der Waals surface area (Å²) in [5, 5.41) is 0. The van der Waals surface area contributed by atoms with E-state index >= 15 is 0 Å². The first kappa shape index (κ1) is 36.7. The highest BCUT2D eigenvalue weighted by Crippen LogP contribution is 2.43. The van der Waals surface area contributed by atoms with E-state index < -0.39 is 0 Å². The largest absolute Gasteiger partial charge is 0.493 e. The number of anilines is 2. The first-order chi connectivity index (χ1) is 26.6. The van der Waals surface area contributed by atoms with Crippen LogP contribution in [0.3, 0.4) is 0 Å². The number of thioether (sulfide) groups is 1. The van der Waals surface area contributed by atoms with E-state index in [1.54, 1.807) is 38.5 Å². The van der Waals surface area contributed by atoms with Crippen LogP contribution in [0.15, 0.2) is 76.7 Å². The van der Waals surface area contributed by atoms with Crippen molar-refractivity contribution in [2.75, 3.05) is 43.0 Å². The number of carbonyl (C=O) groups is 2. The number of methoxy groups -OCH3 is 2. The van der Waals surface area contributed by atoms with E-state index in [1.165, 1.54) is 17.5 Å². The smallest absolute Gasteiger partial charge is 0.261 e. The summed E-state index contributed by atoms with van der Waals surface area (Å²) in [5.74, 6) is 3.78. The van der Waals surface area contributed by atoms with Crippen molar-refractivity contribution in [2.45, 2.75) is 64.3 Å². The van der Waals surface area contributed by atoms with E-state index in [4.69, 9.17) is 28.9 Å². The van der Waals surface area contributed by atoms with Crippen LogP contribution in [0.1, 0.15) is 71.0 Å². The quantitative estimate of drug-likeness (QED) is 0.133. The molecule has 0 aliphatic carbocycles. The van der Waals surface area contributed by atoms with Gasteiger partial charge >= 0.3 is 0 Å². The molecule has 0 aromatic heterocycles. The summed E-state index contributed by atoms with van der Waals surface area (Å²) < 4.78 is 23.7. The summed E-state index contributed by atoms with van der Waals surface area (Å²) in [6, 6.07) is 21.1. The molecule has 0 radical (unpaired) electrons. The molecule has 0 saturated carbocycles. The van der Waals surface area contributed by atoms with Crippen LogP contribution in [0, 0.1) is 5.41 Å². The van der Waals surface area contributed by atoms with Crippen LogP contribution in [-0.2, 0) is 18.6 Å². The van der Waals surface area contributed by atoms with Crippen LogP contribution < -0.4 is 28.7 Å². The molecule has 10 nitrogen and oxygen atoms in total. The third-order valence-corrected chi connectivity index (χ3v) is 11.5. The van der Waals surface area contributed by atoms with Crippen LogP contribution in [0.4, 0.5) is 22.7 Å². The van der Waals surface area contributed by atoms with E-state index in [2.05, 4.69) is 45.0 Å². The minimum absolute atomic E-state index is 0.104. The molecule has 4 aliphatic rings. The lowest BCUT2D eigenvalue weighted by molar-refractivity contribution is 0.0978. The lowest BCUT2D eigenvalue weighted by Crippen LogP contribution is -2.37.